The molecule has 0 aliphatic rings. The number of aliphatic hydroxyl groups excluding tert-OH is 1. The molecular formula is C19H18ClNO3S2. The van der Waals surface area contributed by atoms with Crippen LogP contribution in [0, 0.1) is 6.92 Å². The highest BCUT2D eigenvalue weighted by Crippen LogP contribution is 2.25. The molecular weight excluding hydrogens is 390 g/mol. The maximum Gasteiger partial charge on any atom is 0.240 e. The zero-order valence-electron chi connectivity index (χ0n) is 14.0. The van der Waals surface area contributed by atoms with Crippen LogP contribution < -0.4 is 4.72 Å². The molecule has 136 valence electrons. The Balaban J connectivity index is 1.70. The molecule has 26 heavy (non-hydrogen) atoms. The van der Waals surface area contributed by atoms with Crippen molar-refractivity contribution in [2.24, 2.45) is 0 Å². The van der Waals surface area contributed by atoms with Gasteiger partial charge in [0.25, 0.3) is 0 Å². The third-order valence-corrected chi connectivity index (χ3v) is 6.78. The molecule has 3 aromatic rings. The lowest BCUT2D eigenvalue weighted by molar-refractivity contribution is 0.182. The number of rotatable bonds is 6. The van der Waals surface area contributed by atoms with Crippen molar-refractivity contribution in [2.75, 3.05) is 6.54 Å². The van der Waals surface area contributed by atoms with Crippen molar-refractivity contribution >= 4 is 33.0 Å². The van der Waals surface area contributed by atoms with Gasteiger partial charge in [-0.25, -0.2) is 13.1 Å². The third kappa shape index (κ3) is 4.16. The van der Waals surface area contributed by atoms with Crippen molar-refractivity contribution in [3.63, 3.8) is 0 Å². The number of aliphatic hydroxyl groups is 1. The van der Waals surface area contributed by atoms with Gasteiger partial charge in [0.2, 0.25) is 10.0 Å². The first-order valence-electron chi connectivity index (χ1n) is 7.94. The van der Waals surface area contributed by atoms with E-state index in [1.165, 1.54) is 6.07 Å². The highest BCUT2D eigenvalue weighted by molar-refractivity contribution is 7.89. The van der Waals surface area contributed by atoms with Crippen LogP contribution in [0.15, 0.2) is 64.2 Å². The van der Waals surface area contributed by atoms with E-state index in [4.69, 9.17) is 11.6 Å². The minimum atomic E-state index is -3.75. The van der Waals surface area contributed by atoms with Crippen molar-refractivity contribution in [1.82, 2.24) is 4.72 Å². The van der Waals surface area contributed by atoms with Crippen LogP contribution in [-0.2, 0) is 10.0 Å². The van der Waals surface area contributed by atoms with Gasteiger partial charge in [0.15, 0.2) is 0 Å². The number of benzene rings is 2. The van der Waals surface area contributed by atoms with E-state index in [1.54, 1.807) is 42.5 Å². The molecule has 0 saturated carbocycles. The summed E-state index contributed by atoms with van der Waals surface area (Å²) < 4.78 is 27.4. The molecule has 0 amide bonds. The lowest BCUT2D eigenvalue weighted by Gasteiger charge is -2.14. The summed E-state index contributed by atoms with van der Waals surface area (Å²) in [5, 5.41) is 14.8. The van der Waals surface area contributed by atoms with E-state index in [-0.39, 0.29) is 11.4 Å². The van der Waals surface area contributed by atoms with Crippen molar-refractivity contribution in [1.29, 1.82) is 0 Å². The van der Waals surface area contributed by atoms with Crippen LogP contribution in [0.1, 0.15) is 17.2 Å². The number of hydrogen-bond acceptors (Lipinski definition) is 4. The average molecular weight is 408 g/mol. The molecule has 1 unspecified atom stereocenters. The predicted octanol–water partition coefficient (Wildman–Crippen LogP) is 4.39. The van der Waals surface area contributed by atoms with Gasteiger partial charge in [0.05, 0.1) is 11.0 Å². The van der Waals surface area contributed by atoms with E-state index in [0.29, 0.717) is 16.1 Å². The lowest BCUT2D eigenvalue weighted by Crippen LogP contribution is -2.29. The van der Waals surface area contributed by atoms with Gasteiger partial charge < -0.3 is 5.11 Å². The van der Waals surface area contributed by atoms with Gasteiger partial charge in [-0.05, 0) is 58.1 Å². The zero-order valence-corrected chi connectivity index (χ0v) is 16.4. The third-order valence-electron chi connectivity index (χ3n) is 4.12. The molecule has 2 N–H and O–H groups in total. The Morgan fingerprint density at radius 2 is 1.85 bits per heavy atom. The molecule has 0 radical (unpaired) electrons. The molecule has 1 heterocycles. The van der Waals surface area contributed by atoms with Crippen molar-refractivity contribution in [3.8, 4) is 11.1 Å². The minimum absolute atomic E-state index is 0.116. The quantitative estimate of drug-likeness (QED) is 0.636. The summed E-state index contributed by atoms with van der Waals surface area (Å²) in [5.74, 6) is 0. The van der Waals surface area contributed by atoms with Crippen molar-refractivity contribution in [3.05, 3.63) is 75.4 Å². The normalized spacial score (nSPS) is 12.9. The fourth-order valence-electron chi connectivity index (χ4n) is 2.59. The second-order valence-corrected chi connectivity index (χ2v) is 8.79. The summed E-state index contributed by atoms with van der Waals surface area (Å²) in [6, 6.07) is 14.2. The van der Waals surface area contributed by atoms with Crippen LogP contribution in [0.3, 0.4) is 0 Å². The molecule has 7 heteroatoms. The monoisotopic (exact) mass is 407 g/mol. The Bertz CT molecular complexity index is 984. The Labute approximate surface area is 162 Å². The summed E-state index contributed by atoms with van der Waals surface area (Å²) in [7, 11) is -3.75. The minimum Gasteiger partial charge on any atom is -0.387 e. The molecule has 0 saturated heterocycles. The molecule has 4 nitrogen and oxygen atoms in total. The first-order valence-corrected chi connectivity index (χ1v) is 10.7. The van der Waals surface area contributed by atoms with Crippen LogP contribution in [0.25, 0.3) is 11.1 Å². The second kappa shape index (κ2) is 7.90. The van der Waals surface area contributed by atoms with Crippen LogP contribution in [-0.4, -0.2) is 20.1 Å². The molecule has 0 spiro atoms. The van der Waals surface area contributed by atoms with Crippen LogP contribution in [0.5, 0.6) is 0 Å². The molecule has 0 bridgehead atoms. The number of nitrogens with one attached hydrogen (secondary N) is 1. The van der Waals surface area contributed by atoms with Crippen LogP contribution in [0.2, 0.25) is 5.02 Å². The molecule has 1 aromatic heterocycles. The van der Waals surface area contributed by atoms with Crippen LogP contribution >= 0.6 is 22.9 Å². The average Bonchev–Trinajstić information content (AvgIpc) is 3.17. The summed E-state index contributed by atoms with van der Waals surface area (Å²) in [4.78, 5) is 0.116. The summed E-state index contributed by atoms with van der Waals surface area (Å²) in [6.45, 7) is 1.53. The first-order chi connectivity index (χ1) is 12.4. The highest BCUT2D eigenvalue weighted by atomic mass is 35.5. The fourth-order valence-corrected chi connectivity index (χ4v) is 4.79. The zero-order chi connectivity index (χ0) is 18.7. The Morgan fingerprint density at radius 1 is 1.12 bits per heavy atom. The molecule has 0 fully saturated rings. The van der Waals surface area contributed by atoms with Crippen molar-refractivity contribution in [2.45, 2.75) is 17.9 Å². The molecule has 3 rings (SSSR count). The standard InChI is InChI=1S/C19H18ClNO3S2/c1-13-17(20)3-2-4-19(13)26(23,24)21-11-18(22)15-7-5-14(6-8-15)16-9-10-25-12-16/h2-10,12,18,21-22H,11H2,1H3. The first kappa shape index (κ1) is 19.1. The predicted molar refractivity (Wildman–Crippen MR) is 106 cm³/mol. The fraction of sp³-hybridized carbons (Fsp3) is 0.158. The molecule has 2 aromatic carbocycles. The number of thiophene rings is 1. The van der Waals surface area contributed by atoms with E-state index < -0.39 is 16.1 Å². The Morgan fingerprint density at radius 3 is 2.50 bits per heavy atom. The second-order valence-electron chi connectivity index (χ2n) is 5.86. The smallest absolute Gasteiger partial charge is 0.240 e. The van der Waals surface area contributed by atoms with E-state index in [2.05, 4.69) is 4.72 Å². The Kier molecular flexibility index (Phi) is 5.79. The van der Waals surface area contributed by atoms with Gasteiger partial charge in [-0.3, -0.25) is 0 Å². The van der Waals surface area contributed by atoms with E-state index in [0.717, 1.165) is 11.1 Å². The van der Waals surface area contributed by atoms with Crippen LogP contribution in [0.4, 0.5) is 0 Å². The number of hydrogen-bond donors (Lipinski definition) is 2. The SMILES string of the molecule is Cc1c(Cl)cccc1S(=O)(=O)NCC(O)c1ccc(-c2ccsc2)cc1. The van der Waals surface area contributed by atoms with Gasteiger partial charge in [-0.2, -0.15) is 11.3 Å². The van der Waals surface area contributed by atoms with Gasteiger partial charge in [0.1, 0.15) is 0 Å². The summed E-state index contributed by atoms with van der Waals surface area (Å²) in [6.07, 6.45) is -0.944. The molecule has 0 aliphatic carbocycles. The Hall–Kier alpha value is -1.70. The summed E-state index contributed by atoms with van der Waals surface area (Å²) >= 11 is 7.62. The number of halogens is 1. The van der Waals surface area contributed by atoms with E-state index in [9.17, 15) is 13.5 Å². The number of sulfonamides is 1. The van der Waals surface area contributed by atoms with Gasteiger partial charge in [0, 0.05) is 11.6 Å². The topological polar surface area (TPSA) is 66.4 Å². The van der Waals surface area contributed by atoms with Gasteiger partial charge >= 0.3 is 0 Å². The highest BCUT2D eigenvalue weighted by Gasteiger charge is 2.19. The van der Waals surface area contributed by atoms with E-state index in [1.807, 2.05) is 29.0 Å². The largest absolute Gasteiger partial charge is 0.387 e. The van der Waals surface area contributed by atoms with Gasteiger partial charge in [-0.1, -0.05) is 41.9 Å². The van der Waals surface area contributed by atoms with Gasteiger partial charge in [-0.15, -0.1) is 0 Å². The lowest BCUT2D eigenvalue weighted by atomic mass is 10.0. The van der Waals surface area contributed by atoms with E-state index >= 15 is 0 Å². The maximum atomic E-state index is 12.5. The molecule has 0 aliphatic heterocycles. The van der Waals surface area contributed by atoms with Crippen molar-refractivity contribution < 1.29 is 13.5 Å². The summed E-state index contributed by atoms with van der Waals surface area (Å²) in [5.41, 5.74) is 3.30. The molecule has 1 atom stereocenters. The maximum absolute atomic E-state index is 12.5.